The lowest BCUT2D eigenvalue weighted by Crippen LogP contribution is -2.27. The molecule has 0 spiro atoms. The molecule has 7 heteroatoms. The fraction of sp³-hybridized carbons (Fsp3) is 0.300. The number of carbonyl (C=O) groups is 2. The van der Waals surface area contributed by atoms with Gasteiger partial charge in [-0.05, 0) is 50.5 Å². The normalized spacial score (nSPS) is 14.6. The van der Waals surface area contributed by atoms with E-state index in [0.717, 1.165) is 16.8 Å². The number of aryl methyl sites for hydroxylation is 3. The van der Waals surface area contributed by atoms with E-state index >= 15 is 0 Å². The summed E-state index contributed by atoms with van der Waals surface area (Å²) in [5.41, 5.74) is 5.14. The molecular formula is C20H20N4O3. The molecule has 0 saturated carbocycles. The van der Waals surface area contributed by atoms with Gasteiger partial charge in [0.25, 0.3) is 11.6 Å². The highest BCUT2D eigenvalue weighted by molar-refractivity contribution is 6.06. The Hall–Kier alpha value is -3.22. The van der Waals surface area contributed by atoms with E-state index in [2.05, 4.69) is 20.8 Å². The minimum absolute atomic E-state index is 0.0396. The van der Waals surface area contributed by atoms with Gasteiger partial charge in [0.2, 0.25) is 5.91 Å². The molecule has 1 aliphatic rings. The van der Waals surface area contributed by atoms with Crippen LogP contribution in [-0.2, 0) is 11.2 Å². The predicted molar refractivity (Wildman–Crippen MR) is 101 cm³/mol. The van der Waals surface area contributed by atoms with Crippen LogP contribution in [0.4, 0.5) is 5.69 Å². The third kappa shape index (κ3) is 3.16. The van der Waals surface area contributed by atoms with Gasteiger partial charge in [-0.25, -0.2) is 4.98 Å². The summed E-state index contributed by atoms with van der Waals surface area (Å²) in [5, 5.41) is 10.5. The lowest BCUT2D eigenvalue weighted by Gasteiger charge is -2.20. The summed E-state index contributed by atoms with van der Waals surface area (Å²) in [6.45, 7) is 5.54. The molecule has 27 heavy (non-hydrogen) atoms. The summed E-state index contributed by atoms with van der Waals surface area (Å²) < 4.78 is 5.21. The molecule has 4 rings (SSSR count). The molecule has 0 bridgehead atoms. The predicted octanol–water partition coefficient (Wildman–Crippen LogP) is 3.22. The fourth-order valence-electron chi connectivity index (χ4n) is 3.43. The minimum Gasteiger partial charge on any atom is -0.345 e. The SMILES string of the molecule is Cc1cc(C(=O)N[C@@H](C)c2ccc3c(c2)CCC(=O)N3)c2c(C)noc2n1. The van der Waals surface area contributed by atoms with Gasteiger partial charge in [-0.3, -0.25) is 9.59 Å². The van der Waals surface area contributed by atoms with Gasteiger partial charge in [-0.1, -0.05) is 17.3 Å². The van der Waals surface area contributed by atoms with Crippen LogP contribution in [0.25, 0.3) is 11.1 Å². The van der Waals surface area contributed by atoms with E-state index in [0.29, 0.717) is 40.9 Å². The van der Waals surface area contributed by atoms with Crippen molar-refractivity contribution < 1.29 is 14.1 Å². The van der Waals surface area contributed by atoms with Crippen molar-refractivity contribution in [1.29, 1.82) is 0 Å². The second-order valence-corrected chi connectivity index (χ2v) is 6.92. The third-order valence-corrected chi connectivity index (χ3v) is 4.86. The number of nitrogens with one attached hydrogen (secondary N) is 2. The molecule has 2 amide bonds. The van der Waals surface area contributed by atoms with E-state index in [1.807, 2.05) is 32.0 Å². The number of nitrogens with zero attached hydrogens (tertiary/aromatic N) is 2. The van der Waals surface area contributed by atoms with Crippen molar-refractivity contribution in [3.63, 3.8) is 0 Å². The average Bonchev–Trinajstić information content (AvgIpc) is 3.01. The van der Waals surface area contributed by atoms with E-state index in [9.17, 15) is 9.59 Å². The number of amides is 2. The summed E-state index contributed by atoms with van der Waals surface area (Å²) in [6.07, 6.45) is 1.19. The van der Waals surface area contributed by atoms with Crippen molar-refractivity contribution in [1.82, 2.24) is 15.5 Å². The average molecular weight is 364 g/mol. The smallest absolute Gasteiger partial charge is 0.258 e. The van der Waals surface area contributed by atoms with Crippen LogP contribution < -0.4 is 10.6 Å². The zero-order valence-corrected chi connectivity index (χ0v) is 15.4. The Kier molecular flexibility index (Phi) is 4.14. The fourth-order valence-corrected chi connectivity index (χ4v) is 3.43. The van der Waals surface area contributed by atoms with Gasteiger partial charge in [0.1, 0.15) is 0 Å². The van der Waals surface area contributed by atoms with E-state index in [1.165, 1.54) is 0 Å². The molecular weight excluding hydrogens is 344 g/mol. The van der Waals surface area contributed by atoms with Crippen LogP contribution in [0.15, 0.2) is 28.8 Å². The van der Waals surface area contributed by atoms with Crippen molar-refractivity contribution >= 4 is 28.6 Å². The monoisotopic (exact) mass is 364 g/mol. The number of rotatable bonds is 3. The van der Waals surface area contributed by atoms with Crippen molar-refractivity contribution in [2.75, 3.05) is 5.32 Å². The zero-order chi connectivity index (χ0) is 19.1. The third-order valence-electron chi connectivity index (χ3n) is 4.86. The summed E-state index contributed by atoms with van der Waals surface area (Å²) in [7, 11) is 0. The molecule has 0 radical (unpaired) electrons. The highest BCUT2D eigenvalue weighted by Crippen LogP contribution is 2.27. The van der Waals surface area contributed by atoms with E-state index in [4.69, 9.17) is 4.52 Å². The summed E-state index contributed by atoms with van der Waals surface area (Å²) >= 11 is 0. The minimum atomic E-state index is -0.199. The molecule has 2 aromatic heterocycles. The molecule has 0 saturated heterocycles. The standard InChI is InChI=1S/C20H20N4O3/c1-10-8-15(18-12(3)24-27-20(18)21-10)19(26)22-11(2)13-4-6-16-14(9-13)5-7-17(25)23-16/h4,6,8-9,11H,5,7H2,1-3H3,(H,22,26)(H,23,25)/t11-/m0/s1. The first-order chi connectivity index (χ1) is 12.9. The highest BCUT2D eigenvalue weighted by Gasteiger charge is 2.21. The van der Waals surface area contributed by atoms with Gasteiger partial charge in [0.05, 0.1) is 22.7 Å². The topological polar surface area (TPSA) is 97.1 Å². The number of benzene rings is 1. The van der Waals surface area contributed by atoms with Crippen LogP contribution in [0, 0.1) is 13.8 Å². The number of hydrogen-bond donors (Lipinski definition) is 2. The van der Waals surface area contributed by atoms with Crippen LogP contribution in [0.5, 0.6) is 0 Å². The molecule has 0 unspecified atom stereocenters. The Morgan fingerprint density at radius 2 is 2.07 bits per heavy atom. The Morgan fingerprint density at radius 1 is 1.26 bits per heavy atom. The van der Waals surface area contributed by atoms with Crippen molar-refractivity contribution in [2.24, 2.45) is 0 Å². The number of anilines is 1. The Balaban J connectivity index is 1.60. The van der Waals surface area contributed by atoms with Gasteiger partial charge in [-0.15, -0.1) is 0 Å². The number of carbonyl (C=O) groups excluding carboxylic acids is 2. The van der Waals surface area contributed by atoms with Crippen molar-refractivity contribution in [3.05, 3.63) is 52.3 Å². The summed E-state index contributed by atoms with van der Waals surface area (Å²) in [4.78, 5) is 28.7. The van der Waals surface area contributed by atoms with Gasteiger partial charge >= 0.3 is 0 Å². The van der Waals surface area contributed by atoms with Crippen LogP contribution >= 0.6 is 0 Å². The molecule has 2 N–H and O–H groups in total. The molecule has 1 atom stereocenters. The number of hydrogen-bond acceptors (Lipinski definition) is 5. The van der Waals surface area contributed by atoms with Gasteiger partial charge in [-0.2, -0.15) is 0 Å². The Morgan fingerprint density at radius 3 is 2.89 bits per heavy atom. The first kappa shape index (κ1) is 17.2. The number of aromatic nitrogens is 2. The van der Waals surface area contributed by atoms with Crippen LogP contribution in [0.2, 0.25) is 0 Å². The zero-order valence-electron chi connectivity index (χ0n) is 15.4. The molecule has 1 aliphatic heterocycles. The molecule has 0 fully saturated rings. The second-order valence-electron chi connectivity index (χ2n) is 6.92. The van der Waals surface area contributed by atoms with Crippen LogP contribution in [0.3, 0.4) is 0 Å². The summed E-state index contributed by atoms with van der Waals surface area (Å²) in [6, 6.07) is 7.41. The lowest BCUT2D eigenvalue weighted by atomic mass is 9.97. The number of fused-ring (bicyclic) bond motifs is 2. The molecule has 7 nitrogen and oxygen atoms in total. The maximum atomic E-state index is 12.9. The molecule has 0 aliphatic carbocycles. The maximum absolute atomic E-state index is 12.9. The highest BCUT2D eigenvalue weighted by atomic mass is 16.5. The van der Waals surface area contributed by atoms with E-state index in [1.54, 1.807) is 13.0 Å². The van der Waals surface area contributed by atoms with Crippen LogP contribution in [-0.4, -0.2) is 22.0 Å². The van der Waals surface area contributed by atoms with Crippen LogP contribution in [0.1, 0.15) is 52.3 Å². The van der Waals surface area contributed by atoms with Gasteiger partial charge in [0.15, 0.2) is 0 Å². The van der Waals surface area contributed by atoms with E-state index in [-0.39, 0.29) is 17.9 Å². The first-order valence-corrected chi connectivity index (χ1v) is 8.89. The quantitative estimate of drug-likeness (QED) is 0.744. The van der Waals surface area contributed by atoms with Crippen molar-refractivity contribution in [3.8, 4) is 0 Å². The molecule has 1 aromatic carbocycles. The molecule has 138 valence electrons. The molecule has 3 aromatic rings. The van der Waals surface area contributed by atoms with Gasteiger partial charge < -0.3 is 15.2 Å². The second kappa shape index (κ2) is 6.50. The van der Waals surface area contributed by atoms with Crippen molar-refractivity contribution in [2.45, 2.75) is 39.7 Å². The largest absolute Gasteiger partial charge is 0.345 e. The van der Waals surface area contributed by atoms with E-state index < -0.39 is 0 Å². The Bertz CT molecular complexity index is 1070. The Labute approximate surface area is 156 Å². The van der Waals surface area contributed by atoms with Gasteiger partial charge in [0, 0.05) is 17.8 Å². The molecule has 3 heterocycles. The maximum Gasteiger partial charge on any atom is 0.258 e. The lowest BCUT2D eigenvalue weighted by molar-refractivity contribution is -0.116. The number of pyridine rings is 1. The summed E-state index contributed by atoms with van der Waals surface area (Å²) in [5.74, 6) is -0.159. The first-order valence-electron chi connectivity index (χ1n) is 8.89.